The Morgan fingerprint density at radius 3 is 2.68 bits per heavy atom. The molecule has 0 spiro atoms. The number of carbonyl (C=O) groups excluding carboxylic acids is 2. The van der Waals surface area contributed by atoms with Crippen LogP contribution in [0.25, 0.3) is 55.4 Å². The number of nitrogens with zero attached hydrogens (tertiary/aromatic N) is 5. The van der Waals surface area contributed by atoms with Gasteiger partial charge in [-0.1, -0.05) is 6.92 Å². The average molecular weight is 523 g/mol. The molecule has 1 amide bonds. The van der Waals surface area contributed by atoms with Crippen molar-refractivity contribution in [3.63, 3.8) is 0 Å². The molecule has 0 radical (unpaired) electrons. The van der Waals surface area contributed by atoms with Gasteiger partial charge in [-0.15, -0.1) is 11.3 Å². The van der Waals surface area contributed by atoms with E-state index < -0.39 is 0 Å². The normalized spacial score (nSPS) is 11.3. The molecule has 6 heterocycles. The zero-order valence-corrected chi connectivity index (χ0v) is 21.4. The second-order valence-corrected chi connectivity index (χ2v) is 9.87. The number of aromatic amines is 2. The molecule has 6 rings (SSSR count). The monoisotopic (exact) mass is 522 g/mol. The number of nitrogens with one attached hydrogen (secondary N) is 3. The van der Waals surface area contributed by atoms with Gasteiger partial charge in [0, 0.05) is 24.4 Å². The third kappa shape index (κ3) is 4.33. The number of fused-ring (bicyclic) bond motifs is 2. The molecule has 0 unspecified atom stereocenters. The summed E-state index contributed by atoms with van der Waals surface area (Å²) in [5.41, 5.74) is 6.23. The topological polar surface area (TPSA) is 142 Å². The summed E-state index contributed by atoms with van der Waals surface area (Å²) in [6.45, 7) is 3.51. The SMILES string of the molecule is CCCC(=O)Nc1cncc(-c2ccc3[nH]nc(-c4nc5c(-c6ccc(C(C)=O)s6)nccc5[nH]4)c3n2)c1. The molecule has 0 aliphatic heterocycles. The summed E-state index contributed by atoms with van der Waals surface area (Å²) in [5, 5.41) is 10.4. The molecule has 6 aromatic heterocycles. The number of hydrogen-bond donors (Lipinski definition) is 3. The van der Waals surface area contributed by atoms with E-state index in [0.717, 1.165) is 27.9 Å². The van der Waals surface area contributed by atoms with Crippen LogP contribution in [0.1, 0.15) is 36.4 Å². The highest BCUT2D eigenvalue weighted by atomic mass is 32.1. The first-order chi connectivity index (χ1) is 18.5. The molecule has 0 aliphatic rings. The van der Waals surface area contributed by atoms with Crippen LogP contribution in [0.2, 0.25) is 0 Å². The van der Waals surface area contributed by atoms with Gasteiger partial charge in [0.1, 0.15) is 16.7 Å². The Kier molecular flexibility index (Phi) is 5.97. The lowest BCUT2D eigenvalue weighted by Crippen LogP contribution is -2.10. The molecule has 0 fully saturated rings. The minimum atomic E-state index is -0.0502. The van der Waals surface area contributed by atoms with Crippen molar-refractivity contribution in [2.45, 2.75) is 26.7 Å². The standard InChI is InChI=1S/C27H22N8O2S/c1-3-4-22(37)30-16-11-15(12-28-13-16)17-5-6-19-24(31-17)26(35-34-19)27-32-18-9-10-29-25(23(18)33-27)21-8-7-20(38-21)14(2)36/h5-13H,3-4H2,1-2H3,(H,30,37)(H,32,33)(H,34,35). The van der Waals surface area contributed by atoms with E-state index in [1.165, 1.54) is 11.3 Å². The number of thiophene rings is 1. The highest BCUT2D eigenvalue weighted by molar-refractivity contribution is 7.17. The zero-order valence-electron chi connectivity index (χ0n) is 20.6. The van der Waals surface area contributed by atoms with E-state index in [9.17, 15) is 9.59 Å². The van der Waals surface area contributed by atoms with Crippen molar-refractivity contribution in [1.82, 2.24) is 35.1 Å². The molecule has 0 bridgehead atoms. The predicted molar refractivity (Wildman–Crippen MR) is 147 cm³/mol. The molecule has 0 saturated carbocycles. The summed E-state index contributed by atoms with van der Waals surface area (Å²) in [7, 11) is 0. The number of imidazole rings is 1. The van der Waals surface area contributed by atoms with Crippen molar-refractivity contribution < 1.29 is 9.59 Å². The van der Waals surface area contributed by atoms with Gasteiger partial charge >= 0.3 is 0 Å². The molecular weight excluding hydrogens is 500 g/mol. The average Bonchev–Trinajstić information content (AvgIpc) is 3.66. The van der Waals surface area contributed by atoms with Crippen LogP contribution in [0, 0.1) is 0 Å². The number of Topliss-reactive ketones (excluding diaryl/α,β-unsaturated/α-hetero) is 1. The number of H-pyrrole nitrogens is 2. The molecule has 3 N–H and O–H groups in total. The fourth-order valence-corrected chi connectivity index (χ4v) is 5.10. The van der Waals surface area contributed by atoms with Crippen LogP contribution >= 0.6 is 11.3 Å². The Morgan fingerprint density at radius 2 is 1.87 bits per heavy atom. The molecule has 0 atom stereocenters. The highest BCUT2D eigenvalue weighted by Gasteiger charge is 2.18. The third-order valence-electron chi connectivity index (χ3n) is 6.01. The number of carbonyl (C=O) groups is 2. The van der Waals surface area contributed by atoms with Crippen LogP contribution < -0.4 is 5.32 Å². The van der Waals surface area contributed by atoms with Crippen molar-refractivity contribution in [1.29, 1.82) is 0 Å². The maximum Gasteiger partial charge on any atom is 0.224 e. The van der Waals surface area contributed by atoms with E-state index in [0.29, 0.717) is 50.9 Å². The van der Waals surface area contributed by atoms with Crippen molar-refractivity contribution >= 4 is 50.8 Å². The van der Waals surface area contributed by atoms with E-state index in [2.05, 4.69) is 30.5 Å². The van der Waals surface area contributed by atoms with E-state index in [4.69, 9.17) is 9.97 Å². The minimum absolute atomic E-state index is 0.0186. The van der Waals surface area contributed by atoms with Crippen LogP contribution in [0.15, 0.2) is 55.0 Å². The van der Waals surface area contributed by atoms with Crippen LogP contribution in [0.4, 0.5) is 5.69 Å². The maximum atomic E-state index is 12.0. The van der Waals surface area contributed by atoms with Crippen molar-refractivity contribution in [2.24, 2.45) is 0 Å². The van der Waals surface area contributed by atoms with Gasteiger partial charge in [-0.3, -0.25) is 24.7 Å². The largest absolute Gasteiger partial charge is 0.336 e. The number of anilines is 1. The van der Waals surface area contributed by atoms with Crippen molar-refractivity contribution in [2.75, 3.05) is 5.32 Å². The maximum absolute atomic E-state index is 12.0. The fourth-order valence-electron chi connectivity index (χ4n) is 4.21. The molecular formula is C27H22N8O2S. The summed E-state index contributed by atoms with van der Waals surface area (Å²) in [6, 6.07) is 11.2. The molecule has 11 heteroatoms. The zero-order chi connectivity index (χ0) is 26.2. The molecule has 38 heavy (non-hydrogen) atoms. The lowest BCUT2D eigenvalue weighted by Gasteiger charge is -2.06. The number of ketones is 1. The Hall–Kier alpha value is -4.77. The van der Waals surface area contributed by atoms with E-state index in [1.54, 1.807) is 25.5 Å². The third-order valence-corrected chi connectivity index (χ3v) is 7.21. The Labute approximate surface area is 220 Å². The van der Waals surface area contributed by atoms with E-state index in [1.807, 2.05) is 43.3 Å². The first-order valence-corrected chi connectivity index (χ1v) is 12.9. The van der Waals surface area contributed by atoms with Gasteiger partial charge < -0.3 is 10.3 Å². The van der Waals surface area contributed by atoms with Crippen LogP contribution in [-0.2, 0) is 4.79 Å². The molecule has 0 aromatic carbocycles. The van der Waals surface area contributed by atoms with Gasteiger partial charge in [0.25, 0.3) is 0 Å². The molecule has 0 saturated heterocycles. The van der Waals surface area contributed by atoms with Crippen LogP contribution in [-0.4, -0.2) is 46.8 Å². The Balaban J connectivity index is 1.39. The van der Waals surface area contributed by atoms with Gasteiger partial charge in [-0.2, -0.15) is 5.10 Å². The summed E-state index contributed by atoms with van der Waals surface area (Å²) in [4.78, 5) is 47.2. The Bertz CT molecular complexity index is 1830. The smallest absolute Gasteiger partial charge is 0.224 e. The highest BCUT2D eigenvalue weighted by Crippen LogP contribution is 2.34. The Morgan fingerprint density at radius 1 is 1.00 bits per heavy atom. The van der Waals surface area contributed by atoms with Crippen LogP contribution in [0.3, 0.4) is 0 Å². The summed E-state index contributed by atoms with van der Waals surface area (Å²) < 4.78 is 0. The van der Waals surface area contributed by atoms with Gasteiger partial charge in [0.2, 0.25) is 5.91 Å². The van der Waals surface area contributed by atoms with Gasteiger partial charge in [-0.05, 0) is 49.7 Å². The van der Waals surface area contributed by atoms with Gasteiger partial charge in [0.05, 0.1) is 38.4 Å². The first-order valence-electron chi connectivity index (χ1n) is 12.1. The second kappa shape index (κ2) is 9.60. The fraction of sp³-hybridized carbons (Fsp3) is 0.148. The van der Waals surface area contributed by atoms with Crippen LogP contribution in [0.5, 0.6) is 0 Å². The summed E-state index contributed by atoms with van der Waals surface area (Å²) >= 11 is 1.39. The number of hydrogen-bond acceptors (Lipinski definition) is 8. The lowest BCUT2D eigenvalue weighted by molar-refractivity contribution is -0.116. The number of rotatable bonds is 7. The predicted octanol–water partition coefficient (Wildman–Crippen LogP) is 5.63. The lowest BCUT2D eigenvalue weighted by atomic mass is 10.1. The number of aromatic nitrogens is 7. The molecule has 10 nitrogen and oxygen atoms in total. The quantitative estimate of drug-likeness (QED) is 0.231. The van der Waals surface area contributed by atoms with Gasteiger partial charge in [0.15, 0.2) is 17.3 Å². The molecule has 0 aliphatic carbocycles. The number of amides is 1. The second-order valence-electron chi connectivity index (χ2n) is 8.79. The molecule has 6 aromatic rings. The number of pyridine rings is 3. The van der Waals surface area contributed by atoms with E-state index in [-0.39, 0.29) is 11.7 Å². The van der Waals surface area contributed by atoms with E-state index >= 15 is 0 Å². The van der Waals surface area contributed by atoms with Crippen molar-refractivity contribution in [3.05, 3.63) is 59.9 Å². The minimum Gasteiger partial charge on any atom is -0.336 e. The molecule has 188 valence electrons. The summed E-state index contributed by atoms with van der Waals surface area (Å²) in [6.07, 6.45) is 6.26. The van der Waals surface area contributed by atoms with Gasteiger partial charge in [-0.25, -0.2) is 9.97 Å². The van der Waals surface area contributed by atoms with Crippen molar-refractivity contribution in [3.8, 4) is 33.3 Å². The first kappa shape index (κ1) is 23.6. The summed E-state index contributed by atoms with van der Waals surface area (Å²) in [5.74, 6) is 0.517.